The molecule has 1 N–H and O–H groups in total. The molecule has 1 amide bonds. The van der Waals surface area contributed by atoms with Crippen molar-refractivity contribution < 1.29 is 9.53 Å². The first kappa shape index (κ1) is 18.6. The molecule has 4 rings (SSSR count). The van der Waals surface area contributed by atoms with Crippen molar-refractivity contribution >= 4 is 29.1 Å². The van der Waals surface area contributed by atoms with Crippen LogP contribution in [-0.2, 0) is 4.79 Å². The summed E-state index contributed by atoms with van der Waals surface area (Å²) in [6, 6.07) is 14.1. The quantitative estimate of drug-likeness (QED) is 0.740. The molecule has 27 heavy (non-hydrogen) atoms. The van der Waals surface area contributed by atoms with Gasteiger partial charge in [0, 0.05) is 22.5 Å². The van der Waals surface area contributed by atoms with Gasteiger partial charge >= 0.3 is 0 Å². The third kappa shape index (κ3) is 3.55. The van der Waals surface area contributed by atoms with Crippen LogP contribution in [-0.4, -0.2) is 19.1 Å². The Morgan fingerprint density at radius 2 is 1.81 bits per heavy atom. The third-order valence-electron chi connectivity index (χ3n) is 5.99. The van der Waals surface area contributed by atoms with Gasteiger partial charge in [0.1, 0.15) is 5.75 Å². The Bertz CT molecular complexity index is 837. The standard InChI is InChI=1S/C22H23Cl2NO2/c1-2-27-15-6-3-13(4-7-15)21-17(16-8-5-14(23)11-20(16)24)9-10-18-19(21)12-25-22(18)26/h3-8,11,17-19,21H,2,9-10,12H2,1H3,(H,25,26). The summed E-state index contributed by atoms with van der Waals surface area (Å²) in [6.07, 6.45) is 1.83. The number of benzene rings is 2. The van der Waals surface area contributed by atoms with Crippen molar-refractivity contribution in [1.82, 2.24) is 5.32 Å². The summed E-state index contributed by atoms with van der Waals surface area (Å²) in [4.78, 5) is 12.3. The smallest absolute Gasteiger partial charge is 0.223 e. The minimum atomic E-state index is 0.0869. The second-order valence-corrected chi connectivity index (χ2v) is 8.24. The van der Waals surface area contributed by atoms with E-state index in [2.05, 4.69) is 17.4 Å². The summed E-state index contributed by atoms with van der Waals surface area (Å²) < 4.78 is 5.59. The molecule has 0 spiro atoms. The lowest BCUT2D eigenvalue weighted by molar-refractivity contribution is -0.123. The van der Waals surface area contributed by atoms with Crippen LogP contribution >= 0.6 is 23.2 Å². The summed E-state index contributed by atoms with van der Waals surface area (Å²) >= 11 is 12.7. The number of carbonyl (C=O) groups excluding carboxylic acids is 1. The number of halogens is 2. The van der Waals surface area contributed by atoms with Crippen molar-refractivity contribution in [3.8, 4) is 5.75 Å². The monoisotopic (exact) mass is 403 g/mol. The highest BCUT2D eigenvalue weighted by atomic mass is 35.5. The Morgan fingerprint density at radius 1 is 1.07 bits per heavy atom. The third-order valence-corrected chi connectivity index (χ3v) is 6.55. The fourth-order valence-electron chi connectivity index (χ4n) is 4.83. The predicted molar refractivity (Wildman–Crippen MR) is 109 cm³/mol. The highest BCUT2D eigenvalue weighted by Gasteiger charge is 2.47. The van der Waals surface area contributed by atoms with Gasteiger partial charge in [-0.3, -0.25) is 4.79 Å². The number of amides is 1. The largest absolute Gasteiger partial charge is 0.494 e. The lowest BCUT2D eigenvalue weighted by atomic mass is 9.63. The van der Waals surface area contributed by atoms with Crippen molar-refractivity contribution in [1.29, 1.82) is 0 Å². The maximum absolute atomic E-state index is 12.3. The van der Waals surface area contributed by atoms with Gasteiger partial charge in [-0.2, -0.15) is 0 Å². The number of rotatable bonds is 4. The van der Waals surface area contributed by atoms with E-state index in [9.17, 15) is 4.79 Å². The molecule has 142 valence electrons. The summed E-state index contributed by atoms with van der Waals surface area (Å²) in [5.41, 5.74) is 2.36. The summed E-state index contributed by atoms with van der Waals surface area (Å²) in [5.74, 6) is 1.93. The van der Waals surface area contributed by atoms with Crippen LogP contribution in [0.5, 0.6) is 5.75 Å². The van der Waals surface area contributed by atoms with Gasteiger partial charge in [-0.05, 0) is 72.9 Å². The Morgan fingerprint density at radius 3 is 2.52 bits per heavy atom. The van der Waals surface area contributed by atoms with Crippen LogP contribution in [0.25, 0.3) is 0 Å². The van der Waals surface area contributed by atoms with Crippen LogP contribution in [0.3, 0.4) is 0 Å². The van der Waals surface area contributed by atoms with Crippen LogP contribution in [0, 0.1) is 11.8 Å². The predicted octanol–water partition coefficient (Wildman–Crippen LogP) is 5.42. The second kappa shape index (κ2) is 7.73. The molecule has 5 heteroatoms. The van der Waals surface area contributed by atoms with Crippen LogP contribution in [0.15, 0.2) is 42.5 Å². The fraction of sp³-hybridized carbons (Fsp3) is 0.409. The Hall–Kier alpha value is -1.71. The average Bonchev–Trinajstić information content (AvgIpc) is 3.03. The molecule has 1 heterocycles. The summed E-state index contributed by atoms with van der Waals surface area (Å²) in [5, 5.41) is 4.42. The van der Waals surface area contributed by atoms with Gasteiger partial charge in [-0.15, -0.1) is 0 Å². The van der Waals surface area contributed by atoms with Gasteiger partial charge in [0.05, 0.1) is 6.61 Å². The first-order chi connectivity index (χ1) is 13.1. The molecule has 2 fully saturated rings. The van der Waals surface area contributed by atoms with E-state index in [1.807, 2.05) is 37.3 Å². The minimum absolute atomic E-state index is 0.0869. The number of nitrogens with one attached hydrogen (secondary N) is 1. The van der Waals surface area contributed by atoms with E-state index in [1.54, 1.807) is 0 Å². The molecule has 1 aliphatic heterocycles. The molecule has 0 aromatic heterocycles. The zero-order valence-corrected chi connectivity index (χ0v) is 16.8. The van der Waals surface area contributed by atoms with E-state index >= 15 is 0 Å². The van der Waals surface area contributed by atoms with Crippen LogP contribution < -0.4 is 10.1 Å². The molecule has 1 saturated carbocycles. The Balaban J connectivity index is 1.74. The minimum Gasteiger partial charge on any atom is -0.494 e. The van der Waals surface area contributed by atoms with Gasteiger partial charge in [0.15, 0.2) is 0 Å². The molecule has 3 nitrogen and oxygen atoms in total. The zero-order chi connectivity index (χ0) is 19.0. The average molecular weight is 404 g/mol. The molecular formula is C22H23Cl2NO2. The van der Waals surface area contributed by atoms with Crippen LogP contribution in [0.2, 0.25) is 10.0 Å². The lowest BCUT2D eigenvalue weighted by Crippen LogP contribution is -2.32. The first-order valence-electron chi connectivity index (χ1n) is 9.54. The normalized spacial score (nSPS) is 27.1. The maximum atomic E-state index is 12.3. The lowest BCUT2D eigenvalue weighted by Gasteiger charge is -2.40. The number of carbonyl (C=O) groups is 1. The first-order valence-corrected chi connectivity index (χ1v) is 10.3. The van der Waals surface area contributed by atoms with E-state index in [4.69, 9.17) is 27.9 Å². The molecule has 1 saturated heterocycles. The van der Waals surface area contributed by atoms with Crippen molar-refractivity contribution in [3.05, 3.63) is 63.6 Å². The van der Waals surface area contributed by atoms with E-state index in [0.717, 1.165) is 30.7 Å². The van der Waals surface area contributed by atoms with Crippen molar-refractivity contribution in [3.63, 3.8) is 0 Å². The van der Waals surface area contributed by atoms with E-state index < -0.39 is 0 Å². The van der Waals surface area contributed by atoms with Gasteiger partial charge in [-0.25, -0.2) is 0 Å². The van der Waals surface area contributed by atoms with E-state index in [-0.39, 0.29) is 29.6 Å². The Labute approximate surface area is 170 Å². The molecule has 2 aromatic carbocycles. The summed E-state index contributed by atoms with van der Waals surface area (Å²) in [6.45, 7) is 3.35. The topological polar surface area (TPSA) is 38.3 Å². The molecule has 2 aromatic rings. The molecular weight excluding hydrogens is 381 g/mol. The van der Waals surface area contributed by atoms with Gasteiger partial charge in [-0.1, -0.05) is 41.4 Å². The highest BCUT2D eigenvalue weighted by Crippen LogP contribution is 2.52. The molecule has 4 unspecified atom stereocenters. The van der Waals surface area contributed by atoms with Gasteiger partial charge in [0.25, 0.3) is 0 Å². The highest BCUT2D eigenvalue weighted by molar-refractivity contribution is 6.35. The molecule has 1 aliphatic carbocycles. The van der Waals surface area contributed by atoms with Crippen molar-refractivity contribution in [2.45, 2.75) is 31.6 Å². The molecule has 4 atom stereocenters. The molecule has 0 radical (unpaired) electrons. The summed E-state index contributed by atoms with van der Waals surface area (Å²) in [7, 11) is 0. The van der Waals surface area contributed by atoms with Crippen LogP contribution in [0.4, 0.5) is 0 Å². The van der Waals surface area contributed by atoms with Crippen LogP contribution in [0.1, 0.15) is 42.7 Å². The Kier molecular flexibility index (Phi) is 5.34. The van der Waals surface area contributed by atoms with E-state index in [0.29, 0.717) is 16.7 Å². The fourth-order valence-corrected chi connectivity index (χ4v) is 5.38. The zero-order valence-electron chi connectivity index (χ0n) is 15.3. The number of hydrogen-bond acceptors (Lipinski definition) is 2. The number of hydrogen-bond donors (Lipinski definition) is 1. The van der Waals surface area contributed by atoms with E-state index in [1.165, 1.54) is 5.56 Å². The number of fused-ring (bicyclic) bond motifs is 1. The second-order valence-electron chi connectivity index (χ2n) is 7.39. The SMILES string of the molecule is CCOc1ccc(C2C(c3ccc(Cl)cc3Cl)CCC3C(=O)NCC32)cc1. The van der Waals surface area contributed by atoms with Crippen molar-refractivity contribution in [2.75, 3.05) is 13.2 Å². The number of ether oxygens (including phenoxy) is 1. The van der Waals surface area contributed by atoms with Gasteiger partial charge < -0.3 is 10.1 Å². The maximum Gasteiger partial charge on any atom is 0.223 e. The molecule has 2 aliphatic rings. The van der Waals surface area contributed by atoms with Gasteiger partial charge in [0.2, 0.25) is 5.91 Å². The van der Waals surface area contributed by atoms with Crippen molar-refractivity contribution in [2.24, 2.45) is 11.8 Å². The molecule has 0 bridgehead atoms.